The van der Waals surface area contributed by atoms with Crippen LogP contribution in [-0.2, 0) is 0 Å². The lowest BCUT2D eigenvalue weighted by atomic mass is 10.2. The number of hydrogen-bond donors (Lipinski definition) is 0. The molecule has 0 bridgehead atoms. The molecule has 0 spiro atoms. The second-order valence-electron chi connectivity index (χ2n) is 2.35. The van der Waals surface area contributed by atoms with Crippen molar-refractivity contribution >= 4 is 5.71 Å². The van der Waals surface area contributed by atoms with Crippen LogP contribution in [0.4, 0.5) is 0 Å². The number of furan rings is 1. The minimum absolute atomic E-state index is 0.778. The van der Waals surface area contributed by atoms with Crippen LogP contribution in [0.3, 0.4) is 0 Å². The van der Waals surface area contributed by atoms with Gasteiger partial charge in [-0.2, -0.15) is 5.43 Å². The van der Waals surface area contributed by atoms with Crippen LogP contribution in [0, 0.1) is 0 Å². The van der Waals surface area contributed by atoms with Crippen LogP contribution in [0.5, 0.6) is 0 Å². The van der Waals surface area contributed by atoms with Crippen molar-refractivity contribution in [2.24, 2.45) is 5.10 Å². The van der Waals surface area contributed by atoms with Crippen molar-refractivity contribution in [3.8, 4) is 0 Å². The van der Waals surface area contributed by atoms with E-state index in [1.54, 1.807) is 12.5 Å². The Morgan fingerprint density at radius 3 is 2.91 bits per heavy atom. The molecule has 0 atom stereocenters. The van der Waals surface area contributed by atoms with Crippen molar-refractivity contribution in [2.75, 3.05) is 0 Å². The van der Waals surface area contributed by atoms with E-state index in [1.165, 1.54) is 0 Å². The van der Waals surface area contributed by atoms with Gasteiger partial charge in [-0.1, -0.05) is 0 Å². The Balaban J connectivity index is 2.38. The molecule has 1 aromatic rings. The molecule has 1 radical (unpaired) electrons. The number of allylic oxidation sites excluding steroid dienone is 1. The zero-order valence-corrected chi connectivity index (χ0v) is 6.11. The second kappa shape index (κ2) is 2.27. The summed E-state index contributed by atoms with van der Waals surface area (Å²) in [5.41, 5.74) is 5.64. The van der Waals surface area contributed by atoms with Gasteiger partial charge in [0, 0.05) is 5.57 Å². The summed E-state index contributed by atoms with van der Waals surface area (Å²) in [6.45, 7) is 1.96. The number of nitrogens with zero attached hydrogens (tertiary/aromatic N) is 2. The van der Waals surface area contributed by atoms with E-state index in [0.717, 1.165) is 17.0 Å². The molecule has 0 amide bonds. The SMILES string of the molecule is CC1=C[N]N=C1c1ccco1. The van der Waals surface area contributed by atoms with E-state index >= 15 is 0 Å². The predicted molar refractivity (Wildman–Crippen MR) is 41.1 cm³/mol. The van der Waals surface area contributed by atoms with Gasteiger partial charge in [0.1, 0.15) is 5.71 Å². The molecule has 0 aromatic carbocycles. The first-order valence-electron chi connectivity index (χ1n) is 3.37. The average Bonchev–Trinajstić information content (AvgIpc) is 2.55. The molecular formula is C8H7N2O. The molecule has 1 aromatic heterocycles. The lowest BCUT2D eigenvalue weighted by molar-refractivity contribution is 0.557. The Kier molecular flexibility index (Phi) is 1.28. The van der Waals surface area contributed by atoms with E-state index in [4.69, 9.17) is 4.42 Å². The average molecular weight is 147 g/mol. The lowest BCUT2D eigenvalue weighted by Gasteiger charge is -1.92. The first-order valence-corrected chi connectivity index (χ1v) is 3.37. The highest BCUT2D eigenvalue weighted by Crippen LogP contribution is 2.12. The summed E-state index contributed by atoms with van der Waals surface area (Å²) in [6.07, 6.45) is 3.35. The fourth-order valence-electron chi connectivity index (χ4n) is 0.970. The first kappa shape index (κ1) is 6.22. The van der Waals surface area contributed by atoms with E-state index in [1.807, 2.05) is 19.1 Å². The van der Waals surface area contributed by atoms with Gasteiger partial charge >= 0.3 is 0 Å². The van der Waals surface area contributed by atoms with E-state index in [0.29, 0.717) is 0 Å². The smallest absolute Gasteiger partial charge is 0.154 e. The van der Waals surface area contributed by atoms with Crippen molar-refractivity contribution in [3.05, 3.63) is 35.9 Å². The van der Waals surface area contributed by atoms with Crippen LogP contribution >= 0.6 is 0 Å². The summed E-state index contributed by atoms with van der Waals surface area (Å²) >= 11 is 0. The molecule has 11 heavy (non-hydrogen) atoms. The summed E-state index contributed by atoms with van der Waals surface area (Å²) in [5, 5.41) is 3.91. The highest BCUT2D eigenvalue weighted by atomic mass is 16.3. The minimum Gasteiger partial charge on any atom is -0.463 e. The van der Waals surface area contributed by atoms with Crippen LogP contribution in [0.1, 0.15) is 12.7 Å². The van der Waals surface area contributed by atoms with Gasteiger partial charge in [-0.05, 0) is 19.1 Å². The Morgan fingerprint density at radius 2 is 2.36 bits per heavy atom. The Hall–Kier alpha value is -1.51. The van der Waals surface area contributed by atoms with Gasteiger partial charge in [-0.15, -0.1) is 5.10 Å². The summed E-state index contributed by atoms with van der Waals surface area (Å²) in [6, 6.07) is 3.71. The van der Waals surface area contributed by atoms with E-state index in [-0.39, 0.29) is 0 Å². The Morgan fingerprint density at radius 1 is 1.45 bits per heavy atom. The van der Waals surface area contributed by atoms with Gasteiger partial charge in [0.05, 0.1) is 12.5 Å². The largest absolute Gasteiger partial charge is 0.463 e. The summed E-state index contributed by atoms with van der Waals surface area (Å²) in [7, 11) is 0. The normalized spacial score (nSPS) is 15.7. The van der Waals surface area contributed by atoms with Crippen molar-refractivity contribution in [1.82, 2.24) is 5.43 Å². The van der Waals surface area contributed by atoms with Crippen LogP contribution in [0.15, 0.2) is 39.7 Å². The van der Waals surface area contributed by atoms with Gasteiger partial charge in [-0.25, -0.2) is 0 Å². The maximum absolute atomic E-state index is 5.16. The molecule has 2 heterocycles. The van der Waals surface area contributed by atoms with E-state index in [9.17, 15) is 0 Å². The van der Waals surface area contributed by atoms with Gasteiger partial charge in [0.2, 0.25) is 0 Å². The third-order valence-corrected chi connectivity index (χ3v) is 1.54. The van der Waals surface area contributed by atoms with E-state index in [2.05, 4.69) is 10.5 Å². The monoisotopic (exact) mass is 147 g/mol. The maximum Gasteiger partial charge on any atom is 0.154 e. The molecular weight excluding hydrogens is 140 g/mol. The zero-order valence-electron chi connectivity index (χ0n) is 6.11. The van der Waals surface area contributed by atoms with Crippen LogP contribution in [0.2, 0.25) is 0 Å². The molecule has 0 aliphatic carbocycles. The zero-order chi connectivity index (χ0) is 7.68. The summed E-state index contributed by atoms with van der Waals surface area (Å²) < 4.78 is 5.16. The standard InChI is InChI=1S/C8H7N2O/c1-6-5-9-10-8(6)7-3-2-4-11-7/h2-5H,1H3. The maximum atomic E-state index is 5.16. The second-order valence-corrected chi connectivity index (χ2v) is 2.35. The molecule has 3 nitrogen and oxygen atoms in total. The molecule has 0 saturated heterocycles. The van der Waals surface area contributed by atoms with Crippen LogP contribution < -0.4 is 5.43 Å². The van der Waals surface area contributed by atoms with Crippen LogP contribution in [-0.4, -0.2) is 5.71 Å². The number of rotatable bonds is 1. The molecule has 55 valence electrons. The van der Waals surface area contributed by atoms with E-state index < -0.39 is 0 Å². The predicted octanol–water partition coefficient (Wildman–Crippen LogP) is 1.51. The fraction of sp³-hybridized carbons (Fsp3) is 0.125. The first-order chi connectivity index (χ1) is 5.38. The van der Waals surface area contributed by atoms with Crippen molar-refractivity contribution < 1.29 is 4.42 Å². The minimum atomic E-state index is 0.778. The molecule has 0 fully saturated rings. The fourth-order valence-corrected chi connectivity index (χ4v) is 0.970. The molecule has 1 aliphatic heterocycles. The molecule has 2 rings (SSSR count). The summed E-state index contributed by atoms with van der Waals surface area (Å²) in [4.78, 5) is 0. The topological polar surface area (TPSA) is 39.6 Å². The molecule has 1 aliphatic rings. The Labute approximate surface area is 64.4 Å². The van der Waals surface area contributed by atoms with Crippen LogP contribution in [0.25, 0.3) is 0 Å². The van der Waals surface area contributed by atoms with Gasteiger partial charge < -0.3 is 4.42 Å². The third kappa shape index (κ3) is 0.941. The third-order valence-electron chi connectivity index (χ3n) is 1.54. The highest BCUT2D eigenvalue weighted by molar-refractivity contribution is 6.11. The van der Waals surface area contributed by atoms with Crippen molar-refractivity contribution in [2.45, 2.75) is 6.92 Å². The quantitative estimate of drug-likeness (QED) is 0.593. The van der Waals surface area contributed by atoms with Crippen molar-refractivity contribution in [3.63, 3.8) is 0 Å². The van der Waals surface area contributed by atoms with Gasteiger partial charge in [0.15, 0.2) is 5.76 Å². The molecule has 0 N–H and O–H groups in total. The molecule has 0 unspecified atom stereocenters. The lowest BCUT2D eigenvalue weighted by Crippen LogP contribution is -1.96. The molecule has 3 heteroatoms. The molecule has 0 saturated carbocycles. The van der Waals surface area contributed by atoms with Crippen molar-refractivity contribution in [1.29, 1.82) is 0 Å². The number of hydrogen-bond acceptors (Lipinski definition) is 2. The van der Waals surface area contributed by atoms with Gasteiger partial charge in [-0.3, -0.25) is 0 Å². The van der Waals surface area contributed by atoms with Gasteiger partial charge in [0.25, 0.3) is 0 Å². The highest BCUT2D eigenvalue weighted by Gasteiger charge is 2.12. The Bertz CT molecular complexity index is 309. The summed E-state index contributed by atoms with van der Waals surface area (Å²) in [5.74, 6) is 0.778.